The van der Waals surface area contributed by atoms with Gasteiger partial charge >= 0.3 is 0 Å². The fraction of sp³-hybridized carbons (Fsp3) is 0.882. The molecule has 1 aliphatic carbocycles. The second kappa shape index (κ2) is 9.01. The Hall–Kier alpha value is -1.26. The number of carbonyl (C=O) groups excluding carboxylic acids is 1. The van der Waals surface area contributed by atoms with Crippen LogP contribution in [0.5, 0.6) is 0 Å². The van der Waals surface area contributed by atoms with Crippen molar-refractivity contribution in [3.05, 3.63) is 0 Å². The summed E-state index contributed by atoms with van der Waals surface area (Å²) in [5.74, 6) is 1.34. The van der Waals surface area contributed by atoms with E-state index in [0.29, 0.717) is 11.3 Å². The molecule has 22 heavy (non-hydrogen) atoms. The van der Waals surface area contributed by atoms with E-state index >= 15 is 0 Å². The fourth-order valence-corrected chi connectivity index (χ4v) is 2.81. The molecule has 0 bridgehead atoms. The van der Waals surface area contributed by atoms with Gasteiger partial charge in [0.05, 0.1) is 0 Å². The summed E-state index contributed by atoms with van der Waals surface area (Å²) >= 11 is 0. The maximum Gasteiger partial charge on any atom is 0.243 e. The number of rotatable bonds is 7. The van der Waals surface area contributed by atoms with Crippen molar-refractivity contribution in [2.75, 3.05) is 33.7 Å². The summed E-state index contributed by atoms with van der Waals surface area (Å²) in [6.07, 6.45) is 6.46. The second-order valence-corrected chi connectivity index (χ2v) is 7.14. The smallest absolute Gasteiger partial charge is 0.243 e. The van der Waals surface area contributed by atoms with Gasteiger partial charge in [-0.2, -0.15) is 0 Å². The largest absolute Gasteiger partial charge is 0.356 e. The van der Waals surface area contributed by atoms with Crippen molar-refractivity contribution in [1.29, 1.82) is 0 Å². The third-order valence-corrected chi connectivity index (χ3v) is 4.59. The molecule has 0 saturated heterocycles. The Balaban J connectivity index is 2.60. The number of aliphatic imine (C=N–C) groups is 1. The molecule has 0 radical (unpaired) electrons. The van der Waals surface area contributed by atoms with Gasteiger partial charge in [-0.1, -0.05) is 33.6 Å². The molecule has 1 aliphatic rings. The standard InChI is InChI=1S/C17H34N4O/c1-6-17(9-7-8-10-17)13-20-16(18-11-14(2)3)19-12-15(22)21(4)5/h14H,6-13H2,1-5H3,(H2,18,19,20). The number of guanidine groups is 1. The average molecular weight is 310 g/mol. The minimum atomic E-state index is 0.0247. The van der Waals surface area contributed by atoms with Crippen LogP contribution in [0.15, 0.2) is 4.99 Å². The van der Waals surface area contributed by atoms with E-state index < -0.39 is 0 Å². The van der Waals surface area contributed by atoms with E-state index in [4.69, 9.17) is 0 Å². The molecule has 128 valence electrons. The zero-order chi connectivity index (χ0) is 16.6. The van der Waals surface area contributed by atoms with Crippen molar-refractivity contribution in [2.24, 2.45) is 16.3 Å². The molecule has 1 rings (SSSR count). The van der Waals surface area contributed by atoms with Gasteiger partial charge in [-0.3, -0.25) is 4.79 Å². The lowest BCUT2D eigenvalue weighted by atomic mass is 9.83. The van der Waals surface area contributed by atoms with Crippen LogP contribution in [0.25, 0.3) is 0 Å². The average Bonchev–Trinajstić information content (AvgIpc) is 2.95. The molecule has 0 unspecified atom stereocenters. The lowest BCUT2D eigenvalue weighted by molar-refractivity contribution is -0.127. The number of nitrogens with one attached hydrogen (secondary N) is 2. The quantitative estimate of drug-likeness (QED) is 0.560. The van der Waals surface area contributed by atoms with Crippen LogP contribution in [-0.2, 0) is 4.79 Å². The number of carbonyl (C=O) groups is 1. The van der Waals surface area contributed by atoms with Gasteiger partial charge in [0.15, 0.2) is 5.96 Å². The van der Waals surface area contributed by atoms with E-state index in [1.54, 1.807) is 19.0 Å². The van der Waals surface area contributed by atoms with E-state index in [2.05, 4.69) is 36.4 Å². The van der Waals surface area contributed by atoms with Crippen molar-refractivity contribution in [2.45, 2.75) is 52.9 Å². The third-order valence-electron chi connectivity index (χ3n) is 4.59. The van der Waals surface area contributed by atoms with Crippen molar-refractivity contribution >= 4 is 11.9 Å². The van der Waals surface area contributed by atoms with Crippen LogP contribution < -0.4 is 10.6 Å². The molecule has 5 nitrogen and oxygen atoms in total. The van der Waals surface area contributed by atoms with Gasteiger partial charge in [0, 0.05) is 27.2 Å². The van der Waals surface area contributed by atoms with Crippen molar-refractivity contribution in [3.63, 3.8) is 0 Å². The summed E-state index contributed by atoms with van der Waals surface area (Å²) in [5.41, 5.74) is 0.409. The molecule has 0 aromatic rings. The van der Waals surface area contributed by atoms with Gasteiger partial charge in [0.25, 0.3) is 0 Å². The molecule has 5 heteroatoms. The maximum absolute atomic E-state index is 11.7. The first-order valence-electron chi connectivity index (χ1n) is 8.61. The van der Waals surface area contributed by atoms with Crippen LogP contribution in [0.4, 0.5) is 0 Å². The molecule has 0 heterocycles. The van der Waals surface area contributed by atoms with Crippen LogP contribution in [-0.4, -0.2) is 50.5 Å². The van der Waals surface area contributed by atoms with Gasteiger partial charge in [-0.25, -0.2) is 4.99 Å². The molecule has 1 fully saturated rings. The number of hydrogen-bond donors (Lipinski definition) is 2. The molecule has 1 amide bonds. The molecule has 0 aromatic heterocycles. The van der Waals surface area contributed by atoms with Crippen LogP contribution in [0, 0.1) is 11.3 Å². The number of likely N-dealkylation sites (N-methyl/N-ethyl adjacent to an activating group) is 1. The van der Waals surface area contributed by atoms with E-state index in [9.17, 15) is 4.79 Å². The minimum absolute atomic E-state index is 0.0247. The van der Waals surface area contributed by atoms with E-state index in [0.717, 1.165) is 19.0 Å². The van der Waals surface area contributed by atoms with Crippen LogP contribution in [0.2, 0.25) is 0 Å². The van der Waals surface area contributed by atoms with E-state index in [-0.39, 0.29) is 12.5 Å². The molecule has 2 N–H and O–H groups in total. The Morgan fingerprint density at radius 2 is 1.86 bits per heavy atom. The Kier molecular flexibility index (Phi) is 7.69. The summed E-state index contributed by atoms with van der Waals surface area (Å²) in [6.45, 7) is 8.62. The topological polar surface area (TPSA) is 56.7 Å². The summed E-state index contributed by atoms with van der Waals surface area (Å²) in [4.78, 5) is 17.8. The first-order valence-corrected chi connectivity index (χ1v) is 8.61. The van der Waals surface area contributed by atoms with Crippen molar-refractivity contribution in [3.8, 4) is 0 Å². The highest BCUT2D eigenvalue weighted by molar-refractivity contribution is 5.84. The Morgan fingerprint density at radius 3 is 2.36 bits per heavy atom. The van der Waals surface area contributed by atoms with Crippen molar-refractivity contribution < 1.29 is 4.79 Å². The minimum Gasteiger partial charge on any atom is -0.356 e. The van der Waals surface area contributed by atoms with Gasteiger partial charge in [-0.15, -0.1) is 0 Å². The highest BCUT2D eigenvalue weighted by atomic mass is 16.2. The molecule has 0 aromatic carbocycles. The molecular formula is C17H34N4O. The highest BCUT2D eigenvalue weighted by Crippen LogP contribution is 2.40. The first kappa shape index (κ1) is 18.8. The maximum atomic E-state index is 11.7. The summed E-state index contributed by atoms with van der Waals surface area (Å²) in [7, 11) is 3.52. The molecule has 0 spiro atoms. The van der Waals surface area contributed by atoms with Gasteiger partial charge < -0.3 is 15.5 Å². The normalized spacial score (nSPS) is 17.6. The molecular weight excluding hydrogens is 276 g/mol. The number of amides is 1. The van der Waals surface area contributed by atoms with Crippen LogP contribution >= 0.6 is 0 Å². The summed E-state index contributed by atoms with van der Waals surface area (Å²) in [6, 6.07) is 0. The lowest BCUT2D eigenvalue weighted by Gasteiger charge is -2.29. The SMILES string of the molecule is CCC1(CNC(=NCC(=O)N(C)C)NCC(C)C)CCCC1. The fourth-order valence-electron chi connectivity index (χ4n) is 2.81. The molecule has 0 atom stereocenters. The predicted molar refractivity (Wildman–Crippen MR) is 93.0 cm³/mol. The van der Waals surface area contributed by atoms with Crippen LogP contribution in [0.1, 0.15) is 52.9 Å². The first-order chi connectivity index (χ1) is 10.4. The third kappa shape index (κ3) is 6.24. The van der Waals surface area contributed by atoms with E-state index in [1.807, 2.05) is 0 Å². The predicted octanol–water partition coefficient (Wildman–Crippen LogP) is 2.24. The number of nitrogens with zero attached hydrogens (tertiary/aromatic N) is 2. The van der Waals surface area contributed by atoms with Crippen molar-refractivity contribution in [1.82, 2.24) is 15.5 Å². The molecule has 0 aliphatic heterocycles. The highest BCUT2D eigenvalue weighted by Gasteiger charge is 2.31. The lowest BCUT2D eigenvalue weighted by Crippen LogP contribution is -2.44. The van der Waals surface area contributed by atoms with Gasteiger partial charge in [0.1, 0.15) is 6.54 Å². The summed E-state index contributed by atoms with van der Waals surface area (Å²) in [5, 5.41) is 6.82. The monoisotopic (exact) mass is 310 g/mol. The van der Waals surface area contributed by atoms with Crippen LogP contribution in [0.3, 0.4) is 0 Å². The molecule has 1 saturated carbocycles. The van der Waals surface area contributed by atoms with Gasteiger partial charge in [0.2, 0.25) is 5.91 Å². The Labute approximate surface area is 135 Å². The zero-order valence-corrected chi connectivity index (χ0v) is 15.0. The Morgan fingerprint density at radius 1 is 1.23 bits per heavy atom. The van der Waals surface area contributed by atoms with Gasteiger partial charge in [-0.05, 0) is 30.6 Å². The zero-order valence-electron chi connectivity index (χ0n) is 15.0. The second-order valence-electron chi connectivity index (χ2n) is 7.14. The summed E-state index contributed by atoms with van der Waals surface area (Å²) < 4.78 is 0. The Bertz CT molecular complexity index is 371. The van der Waals surface area contributed by atoms with E-state index in [1.165, 1.54) is 32.1 Å². The number of hydrogen-bond acceptors (Lipinski definition) is 2.